The molecule has 1 aromatic carbocycles. The summed E-state index contributed by atoms with van der Waals surface area (Å²) in [7, 11) is 0. The fourth-order valence-corrected chi connectivity index (χ4v) is 4.10. The molecule has 0 atom stereocenters. The molecule has 2 heterocycles. The van der Waals surface area contributed by atoms with Gasteiger partial charge in [-0.15, -0.1) is 0 Å². The number of carbonyl (C=O) groups is 1. The molecule has 6 N–H and O–H groups in total. The van der Waals surface area contributed by atoms with Crippen molar-refractivity contribution in [2.75, 3.05) is 11.1 Å². The Labute approximate surface area is 181 Å². The Morgan fingerprint density at radius 1 is 1.06 bits per heavy atom. The number of nitrogens with two attached hydrogens (primary N) is 2. The second kappa shape index (κ2) is 9.47. The second-order valence-electron chi connectivity index (χ2n) is 8.56. The maximum absolute atomic E-state index is 12.9. The predicted octanol–water partition coefficient (Wildman–Crippen LogP) is 5.08. The first-order valence-electron chi connectivity index (χ1n) is 11.1. The number of amides is 1. The molecule has 0 radical (unpaired) electrons. The smallest absolute Gasteiger partial charge is 0.259 e. The number of aromatic amines is 1. The molecule has 0 spiro atoms. The minimum Gasteiger partial charge on any atom is -0.397 e. The van der Waals surface area contributed by atoms with E-state index in [1.807, 2.05) is 6.07 Å². The Morgan fingerprint density at radius 2 is 1.77 bits per heavy atom. The van der Waals surface area contributed by atoms with Gasteiger partial charge >= 0.3 is 0 Å². The Balaban J connectivity index is 0.000000282. The van der Waals surface area contributed by atoms with E-state index < -0.39 is 0 Å². The van der Waals surface area contributed by atoms with Gasteiger partial charge in [-0.05, 0) is 61.9 Å². The van der Waals surface area contributed by atoms with E-state index in [9.17, 15) is 9.18 Å². The number of benzene rings is 1. The summed E-state index contributed by atoms with van der Waals surface area (Å²) >= 11 is 0. The molecular formula is C24H30FN5O. The normalized spacial score (nSPS) is 17.0. The van der Waals surface area contributed by atoms with Crippen LogP contribution in [0.25, 0.3) is 11.0 Å². The summed E-state index contributed by atoms with van der Waals surface area (Å²) in [6, 6.07) is 8.11. The van der Waals surface area contributed by atoms with Crippen LogP contribution < -0.4 is 16.8 Å². The molecule has 31 heavy (non-hydrogen) atoms. The molecule has 164 valence electrons. The maximum Gasteiger partial charge on any atom is 0.259 e. The number of carbonyl (C=O) groups excluding carboxylic acids is 1. The van der Waals surface area contributed by atoms with Gasteiger partial charge in [0.25, 0.3) is 5.91 Å². The Bertz CT molecular complexity index is 1040. The lowest BCUT2D eigenvalue weighted by Gasteiger charge is -2.23. The van der Waals surface area contributed by atoms with Crippen molar-refractivity contribution in [2.24, 2.45) is 5.73 Å². The highest BCUT2D eigenvalue weighted by atomic mass is 19.1. The molecular weight excluding hydrogens is 393 g/mol. The van der Waals surface area contributed by atoms with Crippen LogP contribution in [0.4, 0.5) is 15.8 Å². The van der Waals surface area contributed by atoms with Gasteiger partial charge in [-0.3, -0.25) is 4.79 Å². The second-order valence-corrected chi connectivity index (χ2v) is 8.56. The molecule has 0 bridgehead atoms. The summed E-state index contributed by atoms with van der Waals surface area (Å²) in [6.45, 7) is 0. The number of hydrogen-bond donors (Lipinski definition) is 4. The van der Waals surface area contributed by atoms with Gasteiger partial charge in [-0.25, -0.2) is 9.37 Å². The minimum absolute atomic E-state index is 0.311. The third-order valence-corrected chi connectivity index (χ3v) is 6.26. The molecule has 2 aliphatic rings. The van der Waals surface area contributed by atoms with Crippen LogP contribution in [0.1, 0.15) is 73.3 Å². The first-order chi connectivity index (χ1) is 15.0. The molecule has 2 fully saturated rings. The third kappa shape index (κ3) is 5.05. The van der Waals surface area contributed by atoms with E-state index in [1.165, 1.54) is 81.8 Å². The molecule has 6 nitrogen and oxygen atoms in total. The number of pyridine rings is 1. The van der Waals surface area contributed by atoms with Crippen molar-refractivity contribution in [2.45, 2.75) is 63.3 Å². The Hall–Kier alpha value is -2.93. The number of nitrogens with one attached hydrogen (secondary N) is 2. The van der Waals surface area contributed by atoms with Crippen molar-refractivity contribution in [1.82, 2.24) is 9.97 Å². The number of fused-ring (bicyclic) bond motifs is 1. The van der Waals surface area contributed by atoms with Crippen molar-refractivity contribution in [3.8, 4) is 0 Å². The molecule has 7 heteroatoms. The van der Waals surface area contributed by atoms with Crippen molar-refractivity contribution < 1.29 is 9.18 Å². The van der Waals surface area contributed by atoms with E-state index in [2.05, 4.69) is 15.3 Å². The summed E-state index contributed by atoms with van der Waals surface area (Å²) in [5.74, 6) is -0.179. The van der Waals surface area contributed by atoms with Gasteiger partial charge in [0.05, 0.1) is 11.3 Å². The number of nitrogens with zero attached hydrogens (tertiary/aromatic N) is 1. The van der Waals surface area contributed by atoms with E-state index in [-0.39, 0.29) is 11.7 Å². The standard InChI is InChI=1S/C18H17FN4O.C6H13N/c19-11-4-6-12(7-5-11)22-18(24)14-9-21-17-13(16(14)20)8-15(23-17)10-2-1-3-10;7-6-4-2-1-3-5-6/h4-10H,1-3H2,(H,22,24)(H3,20,21,23);6H,1-5,7H2. The largest absolute Gasteiger partial charge is 0.397 e. The van der Waals surface area contributed by atoms with Crippen molar-refractivity contribution in [3.05, 3.63) is 53.6 Å². The number of rotatable bonds is 3. The lowest BCUT2D eigenvalue weighted by molar-refractivity contribution is 0.102. The number of anilines is 2. The molecule has 0 unspecified atom stereocenters. The molecule has 0 aliphatic heterocycles. The predicted molar refractivity (Wildman–Crippen MR) is 123 cm³/mol. The lowest BCUT2D eigenvalue weighted by Crippen LogP contribution is -2.22. The number of halogens is 1. The third-order valence-electron chi connectivity index (χ3n) is 6.26. The monoisotopic (exact) mass is 423 g/mol. The highest BCUT2D eigenvalue weighted by Gasteiger charge is 2.23. The van der Waals surface area contributed by atoms with Gasteiger partial charge in [0.2, 0.25) is 0 Å². The molecule has 3 aromatic rings. The van der Waals surface area contributed by atoms with Crippen LogP contribution in [0.15, 0.2) is 36.5 Å². The fraction of sp³-hybridized carbons (Fsp3) is 0.417. The van der Waals surface area contributed by atoms with E-state index >= 15 is 0 Å². The minimum atomic E-state index is -0.361. The summed E-state index contributed by atoms with van der Waals surface area (Å²) in [6.07, 6.45) is 11.7. The Kier molecular flexibility index (Phi) is 6.51. The van der Waals surface area contributed by atoms with Crippen LogP contribution in [-0.2, 0) is 0 Å². The quantitative estimate of drug-likeness (QED) is 0.471. The van der Waals surface area contributed by atoms with Crippen molar-refractivity contribution in [1.29, 1.82) is 0 Å². The zero-order valence-corrected chi connectivity index (χ0v) is 17.7. The first-order valence-corrected chi connectivity index (χ1v) is 11.1. The van der Waals surface area contributed by atoms with Crippen LogP contribution in [0.2, 0.25) is 0 Å². The van der Waals surface area contributed by atoms with Gasteiger partial charge in [0.1, 0.15) is 11.5 Å². The molecule has 0 saturated heterocycles. The zero-order valence-electron chi connectivity index (χ0n) is 17.7. The first kappa shape index (κ1) is 21.3. The summed E-state index contributed by atoms with van der Waals surface area (Å²) in [5.41, 5.74) is 14.9. The fourth-order valence-electron chi connectivity index (χ4n) is 4.10. The van der Waals surface area contributed by atoms with Crippen LogP contribution in [-0.4, -0.2) is 21.9 Å². The summed E-state index contributed by atoms with van der Waals surface area (Å²) < 4.78 is 12.9. The number of hydrogen-bond acceptors (Lipinski definition) is 4. The van der Waals surface area contributed by atoms with Crippen LogP contribution in [0.3, 0.4) is 0 Å². The van der Waals surface area contributed by atoms with Gasteiger partial charge in [0, 0.05) is 29.0 Å². The maximum atomic E-state index is 12.9. The topological polar surface area (TPSA) is 110 Å². The van der Waals surface area contributed by atoms with Crippen molar-refractivity contribution >= 4 is 28.3 Å². The number of H-pyrrole nitrogens is 1. The molecule has 2 saturated carbocycles. The van der Waals surface area contributed by atoms with E-state index in [4.69, 9.17) is 11.5 Å². The summed E-state index contributed by atoms with van der Waals surface area (Å²) in [5, 5.41) is 3.47. The molecule has 2 aromatic heterocycles. The lowest BCUT2D eigenvalue weighted by atomic mass is 9.83. The average Bonchev–Trinajstić information content (AvgIpc) is 3.14. The molecule has 2 aliphatic carbocycles. The molecule has 1 amide bonds. The molecule has 5 rings (SSSR count). The van der Waals surface area contributed by atoms with Gasteiger partial charge in [-0.1, -0.05) is 25.7 Å². The van der Waals surface area contributed by atoms with E-state index in [0.29, 0.717) is 34.5 Å². The summed E-state index contributed by atoms with van der Waals surface area (Å²) in [4.78, 5) is 20.1. The average molecular weight is 424 g/mol. The van der Waals surface area contributed by atoms with Crippen LogP contribution >= 0.6 is 0 Å². The SMILES string of the molecule is NC1CCCCC1.Nc1c(C(=O)Nc2ccc(F)cc2)cnc2[nH]c(C3CCC3)cc12. The number of nitrogen functional groups attached to an aromatic ring is 1. The van der Waals surface area contributed by atoms with Crippen molar-refractivity contribution in [3.63, 3.8) is 0 Å². The highest BCUT2D eigenvalue weighted by molar-refractivity contribution is 6.11. The van der Waals surface area contributed by atoms with E-state index in [1.54, 1.807) is 0 Å². The van der Waals surface area contributed by atoms with E-state index in [0.717, 1.165) is 11.1 Å². The zero-order chi connectivity index (χ0) is 21.8. The van der Waals surface area contributed by atoms with Crippen LogP contribution in [0, 0.1) is 5.82 Å². The van der Waals surface area contributed by atoms with Gasteiger partial charge in [0.15, 0.2) is 0 Å². The highest BCUT2D eigenvalue weighted by Crippen LogP contribution is 2.38. The van der Waals surface area contributed by atoms with Crippen LogP contribution in [0.5, 0.6) is 0 Å². The Morgan fingerprint density at radius 3 is 2.35 bits per heavy atom. The number of aromatic nitrogens is 2. The van der Waals surface area contributed by atoms with Gasteiger partial charge < -0.3 is 21.8 Å². The van der Waals surface area contributed by atoms with Gasteiger partial charge in [-0.2, -0.15) is 0 Å².